The quantitative estimate of drug-likeness (QED) is 0.585. The van der Waals surface area contributed by atoms with Crippen LogP contribution in [0.5, 0.6) is 0 Å². The number of carbonyl (C=O) groups excluding carboxylic acids is 2. The lowest BCUT2D eigenvalue weighted by atomic mass is 9.84. The van der Waals surface area contributed by atoms with E-state index in [1.165, 1.54) is 7.11 Å². The number of benzene rings is 1. The maximum Gasteiger partial charge on any atom is 0.338 e. The summed E-state index contributed by atoms with van der Waals surface area (Å²) >= 11 is 0. The highest BCUT2D eigenvalue weighted by molar-refractivity contribution is 7.87. The smallest absolute Gasteiger partial charge is 0.338 e. The number of ether oxygens (including phenoxy) is 2. The Morgan fingerprint density at radius 3 is 2.54 bits per heavy atom. The van der Waals surface area contributed by atoms with Crippen LogP contribution in [0.15, 0.2) is 30.3 Å². The molecule has 4 rings (SSSR count). The van der Waals surface area contributed by atoms with Crippen LogP contribution in [0.3, 0.4) is 0 Å². The largest absolute Gasteiger partial charge is 0.469 e. The van der Waals surface area contributed by atoms with Gasteiger partial charge in [-0.2, -0.15) is 8.42 Å². The van der Waals surface area contributed by atoms with Gasteiger partial charge in [0.25, 0.3) is 10.1 Å². The first-order valence-corrected chi connectivity index (χ1v) is 9.17. The van der Waals surface area contributed by atoms with Gasteiger partial charge in [-0.3, -0.25) is 8.98 Å². The molecule has 1 heterocycles. The van der Waals surface area contributed by atoms with Crippen LogP contribution < -0.4 is 0 Å². The molecule has 3 aliphatic rings. The molecule has 1 aliphatic heterocycles. The van der Waals surface area contributed by atoms with Gasteiger partial charge in [-0.25, -0.2) is 4.79 Å². The zero-order valence-electron chi connectivity index (χ0n) is 12.8. The van der Waals surface area contributed by atoms with E-state index >= 15 is 0 Å². The van der Waals surface area contributed by atoms with Gasteiger partial charge in [0.1, 0.15) is 17.5 Å². The molecule has 2 saturated carbocycles. The van der Waals surface area contributed by atoms with Gasteiger partial charge in [-0.1, -0.05) is 18.2 Å². The summed E-state index contributed by atoms with van der Waals surface area (Å²) in [7, 11) is -2.64. The van der Waals surface area contributed by atoms with Gasteiger partial charge in [0.05, 0.1) is 18.6 Å². The predicted octanol–water partition coefficient (Wildman–Crippen LogP) is 0.748. The number of fused-ring (bicyclic) bond motifs is 1. The van der Waals surface area contributed by atoms with Crippen molar-refractivity contribution in [3.8, 4) is 0 Å². The van der Waals surface area contributed by atoms with Crippen molar-refractivity contribution in [3.05, 3.63) is 35.9 Å². The monoisotopic (exact) mass is 352 g/mol. The van der Waals surface area contributed by atoms with E-state index in [4.69, 9.17) is 13.7 Å². The second kappa shape index (κ2) is 5.29. The van der Waals surface area contributed by atoms with Gasteiger partial charge < -0.3 is 9.47 Å². The summed E-state index contributed by atoms with van der Waals surface area (Å²) < 4.78 is 40.0. The second-order valence-electron chi connectivity index (χ2n) is 6.37. The molecular formula is C16H16O7S. The van der Waals surface area contributed by atoms with Crippen molar-refractivity contribution in [3.63, 3.8) is 0 Å². The molecular weight excluding hydrogens is 336 g/mol. The van der Waals surface area contributed by atoms with E-state index in [2.05, 4.69) is 0 Å². The average molecular weight is 352 g/mol. The first-order chi connectivity index (χ1) is 11.4. The molecule has 6 unspecified atom stereocenters. The zero-order valence-corrected chi connectivity index (χ0v) is 13.6. The van der Waals surface area contributed by atoms with Crippen LogP contribution in [0.4, 0.5) is 0 Å². The molecule has 3 fully saturated rings. The number of hydrogen-bond donors (Lipinski definition) is 0. The maximum atomic E-state index is 12.3. The van der Waals surface area contributed by atoms with Crippen molar-refractivity contribution in [1.29, 1.82) is 0 Å². The maximum absolute atomic E-state index is 12.3. The molecule has 0 aromatic heterocycles. The standard InChI is InChI=1S/C16H16O7S/c1-21-16(18)11-9-7-10-13(23-24(19,20)14(10)11)12(9)22-15(17)8-5-3-2-4-6-8/h2-6,9-14H,7H2,1H3. The fraction of sp³-hybridized carbons (Fsp3) is 0.500. The molecule has 0 radical (unpaired) electrons. The van der Waals surface area contributed by atoms with E-state index in [-0.39, 0.29) is 5.92 Å². The fourth-order valence-electron chi connectivity index (χ4n) is 4.36. The number of rotatable bonds is 3. The third-order valence-corrected chi connectivity index (χ3v) is 7.05. The molecule has 1 saturated heterocycles. The third kappa shape index (κ3) is 2.09. The van der Waals surface area contributed by atoms with Crippen LogP contribution in [0.1, 0.15) is 16.8 Å². The van der Waals surface area contributed by atoms with Crippen molar-refractivity contribution >= 4 is 22.1 Å². The number of carbonyl (C=O) groups is 2. The second-order valence-corrected chi connectivity index (χ2v) is 8.09. The summed E-state index contributed by atoms with van der Waals surface area (Å²) in [6.07, 6.45) is -1.000. The lowest BCUT2D eigenvalue weighted by molar-refractivity contribution is -0.149. The molecule has 0 amide bonds. The highest BCUT2D eigenvalue weighted by Gasteiger charge is 2.72. The predicted molar refractivity (Wildman–Crippen MR) is 80.3 cm³/mol. The van der Waals surface area contributed by atoms with E-state index in [0.29, 0.717) is 12.0 Å². The summed E-state index contributed by atoms with van der Waals surface area (Å²) in [4.78, 5) is 24.4. The molecule has 0 spiro atoms. The Kier molecular flexibility index (Phi) is 3.43. The van der Waals surface area contributed by atoms with Gasteiger partial charge >= 0.3 is 11.9 Å². The van der Waals surface area contributed by atoms with Crippen molar-refractivity contribution < 1.29 is 31.7 Å². The van der Waals surface area contributed by atoms with E-state index in [1.54, 1.807) is 30.3 Å². The van der Waals surface area contributed by atoms with E-state index in [0.717, 1.165) is 0 Å². The summed E-state index contributed by atoms with van der Waals surface area (Å²) in [5.74, 6) is -2.74. The summed E-state index contributed by atoms with van der Waals surface area (Å²) in [5.41, 5.74) is 0.368. The summed E-state index contributed by atoms with van der Waals surface area (Å²) in [5, 5.41) is -0.897. The Bertz CT molecular complexity index is 788. The molecule has 24 heavy (non-hydrogen) atoms. The summed E-state index contributed by atoms with van der Waals surface area (Å²) in [6.45, 7) is 0. The normalized spacial score (nSPS) is 38.0. The van der Waals surface area contributed by atoms with Gasteiger partial charge in [0.2, 0.25) is 0 Å². The minimum Gasteiger partial charge on any atom is -0.469 e. The summed E-state index contributed by atoms with van der Waals surface area (Å²) in [6, 6.07) is 8.42. The van der Waals surface area contributed by atoms with Gasteiger partial charge in [0, 0.05) is 11.8 Å². The van der Waals surface area contributed by atoms with E-state index < -0.39 is 51.4 Å². The Balaban J connectivity index is 1.64. The Morgan fingerprint density at radius 1 is 1.17 bits per heavy atom. The first-order valence-electron chi connectivity index (χ1n) is 7.70. The number of esters is 2. The van der Waals surface area contributed by atoms with Gasteiger partial charge in [-0.05, 0) is 18.6 Å². The Hall–Kier alpha value is -1.93. The van der Waals surface area contributed by atoms with E-state index in [1.807, 2.05) is 0 Å². The highest BCUT2D eigenvalue weighted by Crippen LogP contribution is 2.58. The van der Waals surface area contributed by atoms with Crippen molar-refractivity contribution in [2.45, 2.75) is 23.9 Å². The van der Waals surface area contributed by atoms with E-state index in [9.17, 15) is 18.0 Å². The molecule has 7 nitrogen and oxygen atoms in total. The van der Waals surface area contributed by atoms with Crippen LogP contribution in [0, 0.1) is 17.8 Å². The molecule has 0 N–H and O–H groups in total. The van der Waals surface area contributed by atoms with Crippen LogP contribution in [-0.2, 0) is 28.6 Å². The minimum atomic E-state index is -3.86. The molecule has 6 atom stereocenters. The number of hydrogen-bond acceptors (Lipinski definition) is 7. The Morgan fingerprint density at radius 2 is 1.88 bits per heavy atom. The van der Waals surface area contributed by atoms with Crippen LogP contribution in [-0.4, -0.2) is 44.9 Å². The van der Waals surface area contributed by atoms with Crippen molar-refractivity contribution in [2.24, 2.45) is 17.8 Å². The highest BCUT2D eigenvalue weighted by atomic mass is 32.2. The molecule has 2 aliphatic carbocycles. The van der Waals surface area contributed by atoms with Crippen LogP contribution in [0.25, 0.3) is 0 Å². The molecule has 8 heteroatoms. The average Bonchev–Trinajstić information content (AvgIpc) is 3.17. The Labute approximate surface area is 139 Å². The SMILES string of the molecule is COC(=O)C1C2CC3C(OS(=O)(=O)C31)C2OC(=O)c1ccccc1. The third-order valence-electron chi connectivity index (χ3n) is 5.25. The van der Waals surface area contributed by atoms with Gasteiger partial charge in [-0.15, -0.1) is 0 Å². The molecule has 128 valence electrons. The van der Waals surface area contributed by atoms with Crippen LogP contribution >= 0.6 is 0 Å². The number of methoxy groups -OCH3 is 1. The molecule has 1 aromatic rings. The zero-order chi connectivity index (χ0) is 17.1. The fourth-order valence-corrected chi connectivity index (χ4v) is 6.41. The van der Waals surface area contributed by atoms with Crippen molar-refractivity contribution in [2.75, 3.05) is 7.11 Å². The first kappa shape index (κ1) is 15.6. The van der Waals surface area contributed by atoms with Crippen molar-refractivity contribution in [1.82, 2.24) is 0 Å². The lowest BCUT2D eigenvalue weighted by Crippen LogP contribution is -2.45. The molecule has 2 bridgehead atoms. The minimum absolute atomic E-state index is 0.335. The van der Waals surface area contributed by atoms with Gasteiger partial charge in [0.15, 0.2) is 0 Å². The topological polar surface area (TPSA) is 96.0 Å². The van der Waals surface area contributed by atoms with Crippen LogP contribution in [0.2, 0.25) is 0 Å². The molecule has 1 aromatic carbocycles. The lowest BCUT2D eigenvalue weighted by Gasteiger charge is -2.29.